The molecule has 2 heteroatoms. The van der Waals surface area contributed by atoms with Crippen LogP contribution in [0.1, 0.15) is 82.9 Å². The Bertz CT molecular complexity index is 888. The fraction of sp³-hybridized carbons (Fsp3) is 0.471. The summed E-state index contributed by atoms with van der Waals surface area (Å²) in [5.74, 6) is 3.34. The van der Waals surface area contributed by atoms with Gasteiger partial charge in [0.15, 0.2) is 0 Å². The monoisotopic (exact) mass is 490 g/mol. The van der Waals surface area contributed by atoms with Crippen molar-refractivity contribution in [1.29, 1.82) is 0 Å². The van der Waals surface area contributed by atoms with Crippen molar-refractivity contribution in [3.8, 4) is 0 Å². The number of aliphatic hydroxyl groups excluding tert-OH is 1. The zero-order valence-electron chi connectivity index (χ0n) is 23.9. The molecule has 198 valence electrons. The van der Waals surface area contributed by atoms with Gasteiger partial charge in [0.25, 0.3) is 0 Å². The molecule has 0 spiro atoms. The highest BCUT2D eigenvalue weighted by Gasteiger charge is 2.15. The van der Waals surface area contributed by atoms with E-state index in [0.29, 0.717) is 23.7 Å². The Morgan fingerprint density at radius 3 is 1.19 bits per heavy atom. The summed E-state index contributed by atoms with van der Waals surface area (Å²) < 4.78 is 5.22. The molecule has 2 nitrogen and oxygen atoms in total. The van der Waals surface area contributed by atoms with Crippen molar-refractivity contribution in [2.75, 3.05) is 20.3 Å². The molecule has 3 atom stereocenters. The Labute approximate surface area is 221 Å². The highest BCUT2D eigenvalue weighted by Crippen LogP contribution is 2.25. The summed E-state index contributed by atoms with van der Waals surface area (Å²) in [7, 11) is 1.76. The topological polar surface area (TPSA) is 29.5 Å². The van der Waals surface area contributed by atoms with Crippen LogP contribution in [-0.2, 0) is 4.74 Å². The highest BCUT2D eigenvalue weighted by atomic mass is 16.5. The van der Waals surface area contributed by atoms with Crippen molar-refractivity contribution in [2.45, 2.75) is 66.2 Å². The molecule has 36 heavy (non-hydrogen) atoms. The Balaban J connectivity index is 0.000000271. The Morgan fingerprint density at radius 2 is 0.889 bits per heavy atom. The van der Waals surface area contributed by atoms with Gasteiger partial charge in [0.05, 0.1) is 13.2 Å². The summed E-state index contributed by atoms with van der Waals surface area (Å²) in [6, 6.07) is 31.4. The quantitative estimate of drug-likeness (QED) is 0.324. The maximum Gasteiger partial charge on any atom is 0.0533 e. The van der Waals surface area contributed by atoms with Crippen LogP contribution in [0.3, 0.4) is 0 Å². The summed E-state index contributed by atoms with van der Waals surface area (Å²) in [6.07, 6.45) is 0. The number of methoxy groups -OCH3 is 1. The first-order chi connectivity index (χ1) is 17.2. The van der Waals surface area contributed by atoms with E-state index in [1.165, 1.54) is 16.7 Å². The van der Waals surface area contributed by atoms with Crippen LogP contribution >= 0.6 is 0 Å². The molecule has 0 heterocycles. The van der Waals surface area contributed by atoms with Crippen molar-refractivity contribution in [3.05, 3.63) is 108 Å². The molecular formula is C34H50O2. The SMILES string of the molecule is CC(C)[C@H](C)c1ccccc1.CC(C)[C@H](CO)c1ccccc1.COC[C@H](c1ccccc1)C(C)C. The van der Waals surface area contributed by atoms with Gasteiger partial charge in [0, 0.05) is 18.9 Å². The summed E-state index contributed by atoms with van der Waals surface area (Å²) in [5, 5.41) is 9.15. The molecule has 3 aromatic carbocycles. The van der Waals surface area contributed by atoms with Crippen molar-refractivity contribution >= 4 is 0 Å². The molecule has 1 N–H and O–H groups in total. The number of hydrogen-bond donors (Lipinski definition) is 1. The van der Waals surface area contributed by atoms with Crippen molar-refractivity contribution in [3.63, 3.8) is 0 Å². The Morgan fingerprint density at radius 1 is 0.528 bits per heavy atom. The van der Waals surface area contributed by atoms with Gasteiger partial charge in [-0.1, -0.05) is 139 Å². The number of ether oxygens (including phenoxy) is 1. The van der Waals surface area contributed by atoms with Gasteiger partial charge in [-0.2, -0.15) is 0 Å². The molecule has 0 bridgehead atoms. The Kier molecular flexibility index (Phi) is 15.7. The van der Waals surface area contributed by atoms with Crippen LogP contribution in [0.25, 0.3) is 0 Å². The molecule has 0 radical (unpaired) electrons. The van der Waals surface area contributed by atoms with Crippen LogP contribution in [0.15, 0.2) is 91.0 Å². The van der Waals surface area contributed by atoms with Crippen LogP contribution < -0.4 is 0 Å². The molecule has 3 aromatic rings. The van der Waals surface area contributed by atoms with Crippen molar-refractivity contribution < 1.29 is 9.84 Å². The molecule has 0 saturated carbocycles. The average Bonchev–Trinajstić information content (AvgIpc) is 2.89. The molecular weight excluding hydrogens is 440 g/mol. The van der Waals surface area contributed by atoms with Crippen LogP contribution in [0.4, 0.5) is 0 Å². The van der Waals surface area contributed by atoms with Crippen LogP contribution in [0, 0.1) is 17.8 Å². The Hall–Kier alpha value is -2.42. The molecule has 0 aromatic heterocycles. The summed E-state index contributed by atoms with van der Waals surface area (Å²) in [5.41, 5.74) is 4.05. The lowest BCUT2D eigenvalue weighted by molar-refractivity contribution is 0.162. The third-order valence-electron chi connectivity index (χ3n) is 6.93. The first-order valence-corrected chi connectivity index (χ1v) is 13.5. The van der Waals surface area contributed by atoms with Gasteiger partial charge in [-0.15, -0.1) is 0 Å². The molecule has 0 fully saturated rings. The molecule has 0 unspecified atom stereocenters. The van der Waals surface area contributed by atoms with Crippen LogP contribution in [0.5, 0.6) is 0 Å². The molecule has 0 aliphatic heterocycles. The van der Waals surface area contributed by atoms with E-state index in [0.717, 1.165) is 12.5 Å². The molecule has 0 amide bonds. The maximum absolute atomic E-state index is 9.15. The third kappa shape index (κ3) is 11.5. The van der Waals surface area contributed by atoms with Crippen LogP contribution in [-0.4, -0.2) is 25.4 Å². The number of rotatable bonds is 9. The summed E-state index contributed by atoms with van der Waals surface area (Å²) in [6.45, 7) is 16.6. The van der Waals surface area contributed by atoms with Gasteiger partial charge >= 0.3 is 0 Å². The largest absolute Gasteiger partial charge is 0.396 e. The van der Waals surface area contributed by atoms with E-state index in [4.69, 9.17) is 9.84 Å². The predicted octanol–water partition coefficient (Wildman–Crippen LogP) is 8.94. The smallest absolute Gasteiger partial charge is 0.0533 e. The third-order valence-corrected chi connectivity index (χ3v) is 6.93. The van der Waals surface area contributed by atoms with E-state index in [1.54, 1.807) is 7.11 Å². The zero-order chi connectivity index (χ0) is 26.9. The van der Waals surface area contributed by atoms with Gasteiger partial charge in [-0.25, -0.2) is 0 Å². The molecule has 0 aliphatic carbocycles. The van der Waals surface area contributed by atoms with E-state index >= 15 is 0 Å². The zero-order valence-corrected chi connectivity index (χ0v) is 23.9. The highest BCUT2D eigenvalue weighted by molar-refractivity contribution is 5.21. The van der Waals surface area contributed by atoms with Gasteiger partial charge in [-0.3, -0.25) is 0 Å². The minimum atomic E-state index is 0.238. The van der Waals surface area contributed by atoms with Gasteiger partial charge < -0.3 is 9.84 Å². The second-order valence-electron chi connectivity index (χ2n) is 10.6. The first kappa shape index (κ1) is 31.6. The molecule has 0 saturated heterocycles. The molecule has 3 rings (SSSR count). The number of benzene rings is 3. The molecule has 0 aliphatic rings. The number of hydrogen-bond acceptors (Lipinski definition) is 2. The van der Waals surface area contributed by atoms with Gasteiger partial charge in [0.1, 0.15) is 0 Å². The first-order valence-electron chi connectivity index (χ1n) is 13.5. The second kappa shape index (κ2) is 17.9. The van der Waals surface area contributed by atoms with E-state index < -0.39 is 0 Å². The lowest BCUT2D eigenvalue weighted by Crippen LogP contribution is -2.12. The predicted molar refractivity (Wildman–Crippen MR) is 157 cm³/mol. The second-order valence-corrected chi connectivity index (χ2v) is 10.6. The van der Waals surface area contributed by atoms with Crippen molar-refractivity contribution in [1.82, 2.24) is 0 Å². The minimum Gasteiger partial charge on any atom is -0.396 e. The van der Waals surface area contributed by atoms with E-state index in [-0.39, 0.29) is 12.5 Å². The van der Waals surface area contributed by atoms with Crippen molar-refractivity contribution in [2.24, 2.45) is 17.8 Å². The van der Waals surface area contributed by atoms with Gasteiger partial charge in [-0.05, 0) is 40.4 Å². The average molecular weight is 491 g/mol. The fourth-order valence-electron chi connectivity index (χ4n) is 4.10. The number of aliphatic hydroxyl groups is 1. The normalized spacial score (nSPS) is 13.3. The lowest BCUT2D eigenvalue weighted by atomic mass is 9.89. The standard InChI is InChI=1S/C12H18O.C11H16O.C11H16/c1-10(2)12(9-13-3)11-7-5-4-6-8-11;1-9(2)11(8-12)10-6-4-3-5-7-10;1-9(2)10(3)11-7-5-4-6-8-11/h4-8,10,12H,9H2,1-3H3;3-7,9,11-12H,8H2,1-2H3;4-10H,1-3H3/t12-;11-;10-/m000/s1. The van der Waals surface area contributed by atoms with Gasteiger partial charge in [0.2, 0.25) is 0 Å². The summed E-state index contributed by atoms with van der Waals surface area (Å²) >= 11 is 0. The van der Waals surface area contributed by atoms with E-state index in [9.17, 15) is 0 Å². The van der Waals surface area contributed by atoms with E-state index in [2.05, 4.69) is 115 Å². The van der Waals surface area contributed by atoms with Crippen LogP contribution in [0.2, 0.25) is 0 Å². The fourth-order valence-corrected chi connectivity index (χ4v) is 4.10. The maximum atomic E-state index is 9.15. The minimum absolute atomic E-state index is 0.238. The van der Waals surface area contributed by atoms with E-state index in [1.807, 2.05) is 24.3 Å². The lowest BCUT2D eigenvalue weighted by Gasteiger charge is -2.20. The summed E-state index contributed by atoms with van der Waals surface area (Å²) in [4.78, 5) is 0.